The lowest BCUT2D eigenvalue weighted by Crippen LogP contribution is -2.56. The summed E-state index contributed by atoms with van der Waals surface area (Å²) in [6.45, 7) is 6.28. The fourth-order valence-electron chi connectivity index (χ4n) is 4.27. The number of rotatable bonds is 7. The summed E-state index contributed by atoms with van der Waals surface area (Å²) >= 11 is 1.75. The quantitative estimate of drug-likeness (QED) is 0.516. The van der Waals surface area contributed by atoms with Gasteiger partial charge in [-0.3, -0.25) is 14.6 Å². The van der Waals surface area contributed by atoms with Crippen molar-refractivity contribution in [1.82, 2.24) is 19.6 Å². The minimum absolute atomic E-state index is 0.00479. The molecule has 1 spiro atoms. The summed E-state index contributed by atoms with van der Waals surface area (Å²) in [5.74, 6) is 0.00479. The van der Waals surface area contributed by atoms with Crippen LogP contribution < -0.4 is 0 Å². The van der Waals surface area contributed by atoms with E-state index in [0.717, 1.165) is 19.6 Å². The normalized spacial score (nSPS) is 20.0. The van der Waals surface area contributed by atoms with Crippen molar-refractivity contribution in [2.45, 2.75) is 36.7 Å². The van der Waals surface area contributed by atoms with Crippen LogP contribution in [0.1, 0.15) is 25.3 Å². The van der Waals surface area contributed by atoms with Gasteiger partial charge in [0, 0.05) is 44.2 Å². The summed E-state index contributed by atoms with van der Waals surface area (Å²) in [6.07, 6.45) is 3.51. The lowest BCUT2D eigenvalue weighted by molar-refractivity contribution is -0.135. The number of thioether (sulfide) groups is 1. The summed E-state index contributed by atoms with van der Waals surface area (Å²) in [4.78, 5) is 35.1. The Kier molecular flexibility index (Phi) is 6.68. The van der Waals surface area contributed by atoms with Crippen LogP contribution in [0.2, 0.25) is 0 Å². The first-order valence-electron chi connectivity index (χ1n) is 10.0. The van der Waals surface area contributed by atoms with E-state index in [1.807, 2.05) is 30.8 Å². The zero-order valence-electron chi connectivity index (χ0n) is 17.5. The molecular weight excluding hydrogens is 372 g/mol. The number of nitrogens with zero attached hydrogens (tertiary/aromatic N) is 4. The summed E-state index contributed by atoms with van der Waals surface area (Å²) in [7, 11) is 3.92. The van der Waals surface area contributed by atoms with Crippen LogP contribution in [0.15, 0.2) is 29.2 Å². The van der Waals surface area contributed by atoms with Crippen LogP contribution in [0, 0.1) is 0 Å². The minimum atomic E-state index is -0.642. The molecular formula is C21H32N4O2S. The van der Waals surface area contributed by atoms with Crippen molar-refractivity contribution in [2.75, 3.05) is 53.1 Å². The molecule has 28 heavy (non-hydrogen) atoms. The van der Waals surface area contributed by atoms with Gasteiger partial charge < -0.3 is 9.80 Å². The van der Waals surface area contributed by atoms with E-state index in [0.29, 0.717) is 32.5 Å². The number of imide groups is 1. The van der Waals surface area contributed by atoms with E-state index in [-0.39, 0.29) is 11.9 Å². The van der Waals surface area contributed by atoms with Crippen LogP contribution in [0.3, 0.4) is 0 Å². The molecule has 2 fully saturated rings. The number of carbonyl (C=O) groups is 2. The number of hydrogen-bond acceptors (Lipinski definition) is 5. The van der Waals surface area contributed by atoms with Crippen molar-refractivity contribution in [3.63, 3.8) is 0 Å². The highest BCUT2D eigenvalue weighted by atomic mass is 32.2. The molecule has 0 unspecified atom stereocenters. The van der Waals surface area contributed by atoms with E-state index >= 15 is 0 Å². The van der Waals surface area contributed by atoms with E-state index in [9.17, 15) is 9.59 Å². The van der Waals surface area contributed by atoms with E-state index in [2.05, 4.69) is 35.4 Å². The molecule has 3 rings (SSSR count). The van der Waals surface area contributed by atoms with E-state index < -0.39 is 5.54 Å². The zero-order chi connectivity index (χ0) is 20.3. The number of piperidine rings is 1. The molecule has 6 nitrogen and oxygen atoms in total. The molecule has 1 aromatic rings. The maximum Gasteiger partial charge on any atom is 0.327 e. The summed E-state index contributed by atoms with van der Waals surface area (Å²) in [5.41, 5.74) is 0.652. The molecule has 0 bridgehead atoms. The fraction of sp³-hybridized carbons (Fsp3) is 0.619. The largest absolute Gasteiger partial charge is 0.327 e. The second-order valence-corrected chi connectivity index (χ2v) is 8.82. The molecule has 1 aromatic carbocycles. The highest BCUT2D eigenvalue weighted by Crippen LogP contribution is 2.37. The van der Waals surface area contributed by atoms with Gasteiger partial charge in [-0.2, -0.15) is 0 Å². The van der Waals surface area contributed by atoms with E-state index in [1.54, 1.807) is 11.8 Å². The van der Waals surface area contributed by atoms with Crippen LogP contribution in [-0.4, -0.2) is 90.2 Å². The molecule has 2 aliphatic rings. The van der Waals surface area contributed by atoms with E-state index in [1.165, 1.54) is 15.4 Å². The maximum absolute atomic E-state index is 13.2. The van der Waals surface area contributed by atoms with Crippen molar-refractivity contribution in [1.29, 1.82) is 0 Å². The topological polar surface area (TPSA) is 47.1 Å². The molecule has 0 radical (unpaired) electrons. The van der Waals surface area contributed by atoms with Crippen molar-refractivity contribution < 1.29 is 9.59 Å². The summed E-state index contributed by atoms with van der Waals surface area (Å²) < 4.78 is 0. The molecule has 2 aliphatic heterocycles. The average Bonchev–Trinajstić information content (AvgIpc) is 2.88. The summed E-state index contributed by atoms with van der Waals surface area (Å²) in [5, 5.41) is 0. The zero-order valence-corrected chi connectivity index (χ0v) is 18.3. The molecule has 0 atom stereocenters. The van der Waals surface area contributed by atoms with Crippen molar-refractivity contribution in [3.05, 3.63) is 29.8 Å². The van der Waals surface area contributed by atoms with Gasteiger partial charge in [-0.15, -0.1) is 11.8 Å². The predicted octanol–water partition coefficient (Wildman–Crippen LogP) is 2.59. The Bertz CT molecular complexity index is 699. The third-order valence-electron chi connectivity index (χ3n) is 5.96. The lowest BCUT2D eigenvalue weighted by atomic mass is 9.85. The highest BCUT2D eigenvalue weighted by molar-refractivity contribution is 7.98. The highest BCUT2D eigenvalue weighted by Gasteiger charge is 2.57. The van der Waals surface area contributed by atoms with Crippen LogP contribution in [-0.2, 0) is 11.3 Å². The standard InChI is InChI=1S/C21H32N4O2S/c1-5-25-20(27)24(15-14-22(2)3)19(26)21(25)10-12-23(13-11-21)16-17-6-8-18(28-4)9-7-17/h6-9H,5,10-16H2,1-4H3. The fourth-order valence-corrected chi connectivity index (χ4v) is 4.68. The van der Waals surface area contributed by atoms with Gasteiger partial charge in [0.2, 0.25) is 0 Å². The monoisotopic (exact) mass is 404 g/mol. The van der Waals surface area contributed by atoms with Crippen molar-refractivity contribution in [2.24, 2.45) is 0 Å². The SMILES string of the molecule is CCN1C(=O)N(CCN(C)C)C(=O)C12CCN(Cc1ccc(SC)cc1)CC2. The first-order valence-corrected chi connectivity index (χ1v) is 11.3. The Balaban J connectivity index is 1.66. The second-order valence-electron chi connectivity index (χ2n) is 7.94. The number of amides is 3. The van der Waals surface area contributed by atoms with Gasteiger partial charge >= 0.3 is 6.03 Å². The first-order chi connectivity index (χ1) is 13.4. The maximum atomic E-state index is 13.2. The molecule has 0 aliphatic carbocycles. The van der Waals surface area contributed by atoms with Gasteiger partial charge in [0.15, 0.2) is 0 Å². The Labute approximate surface area is 172 Å². The minimum Gasteiger partial charge on any atom is -0.310 e. The summed E-state index contributed by atoms with van der Waals surface area (Å²) in [6, 6.07) is 8.57. The first kappa shape index (κ1) is 21.1. The molecule has 0 aromatic heterocycles. The van der Waals surface area contributed by atoms with Gasteiger partial charge in [-0.05, 0) is 57.8 Å². The van der Waals surface area contributed by atoms with Crippen LogP contribution in [0.25, 0.3) is 0 Å². The number of hydrogen-bond donors (Lipinski definition) is 0. The molecule has 154 valence electrons. The Morgan fingerprint density at radius 3 is 2.29 bits per heavy atom. The van der Waals surface area contributed by atoms with Crippen LogP contribution in [0.4, 0.5) is 4.79 Å². The van der Waals surface area contributed by atoms with Gasteiger partial charge in [0.05, 0.1) is 0 Å². The van der Waals surface area contributed by atoms with Crippen molar-refractivity contribution >= 4 is 23.7 Å². The number of urea groups is 1. The Hall–Kier alpha value is -1.57. The number of benzene rings is 1. The number of carbonyl (C=O) groups excluding carboxylic acids is 2. The second kappa shape index (κ2) is 8.84. The van der Waals surface area contributed by atoms with Crippen molar-refractivity contribution in [3.8, 4) is 0 Å². The molecule has 0 saturated carbocycles. The number of likely N-dealkylation sites (N-methyl/N-ethyl adjacent to an activating group) is 2. The van der Waals surface area contributed by atoms with Gasteiger partial charge in [0.1, 0.15) is 5.54 Å². The van der Waals surface area contributed by atoms with Crippen LogP contribution in [0.5, 0.6) is 0 Å². The molecule has 7 heteroatoms. The predicted molar refractivity (Wildman–Crippen MR) is 114 cm³/mol. The smallest absolute Gasteiger partial charge is 0.310 e. The Morgan fingerprint density at radius 1 is 1.11 bits per heavy atom. The third kappa shape index (κ3) is 4.07. The van der Waals surface area contributed by atoms with Gasteiger partial charge in [-0.1, -0.05) is 12.1 Å². The van der Waals surface area contributed by atoms with Gasteiger partial charge in [0.25, 0.3) is 5.91 Å². The average molecular weight is 405 g/mol. The molecule has 3 amide bonds. The van der Waals surface area contributed by atoms with E-state index in [4.69, 9.17) is 0 Å². The Morgan fingerprint density at radius 2 is 1.75 bits per heavy atom. The molecule has 0 N–H and O–H groups in total. The van der Waals surface area contributed by atoms with Gasteiger partial charge in [-0.25, -0.2) is 4.79 Å². The molecule has 2 heterocycles. The molecule has 2 saturated heterocycles. The van der Waals surface area contributed by atoms with Crippen LogP contribution >= 0.6 is 11.8 Å². The number of likely N-dealkylation sites (tertiary alicyclic amines) is 1. The third-order valence-corrected chi connectivity index (χ3v) is 6.70. The lowest BCUT2D eigenvalue weighted by Gasteiger charge is -2.42.